The summed E-state index contributed by atoms with van der Waals surface area (Å²) >= 11 is 0. The Kier molecular flexibility index (Phi) is 3.49. The van der Waals surface area contributed by atoms with E-state index in [-0.39, 0.29) is 5.54 Å². The average Bonchev–Trinajstić information content (AvgIpc) is 2.64. The van der Waals surface area contributed by atoms with Gasteiger partial charge in [0.1, 0.15) is 12.2 Å². The minimum Gasteiger partial charge on any atom is -0.309 e. The Morgan fingerprint density at radius 3 is 2.88 bits per heavy atom. The highest BCUT2D eigenvalue weighted by molar-refractivity contribution is 4.92. The van der Waals surface area contributed by atoms with Gasteiger partial charge in [0, 0.05) is 31.2 Å². The van der Waals surface area contributed by atoms with Gasteiger partial charge in [-0.05, 0) is 27.7 Å². The molecule has 5 heteroatoms. The van der Waals surface area contributed by atoms with Crippen LogP contribution >= 0.6 is 0 Å². The van der Waals surface area contributed by atoms with Crippen molar-refractivity contribution in [2.45, 2.75) is 45.8 Å². The second-order valence-electron chi connectivity index (χ2n) is 5.74. The summed E-state index contributed by atoms with van der Waals surface area (Å²) in [5, 5.41) is 7.80. The molecule has 0 unspecified atom stereocenters. The van der Waals surface area contributed by atoms with Crippen molar-refractivity contribution in [1.82, 2.24) is 25.0 Å². The van der Waals surface area contributed by atoms with E-state index in [9.17, 15) is 0 Å². The summed E-state index contributed by atoms with van der Waals surface area (Å²) in [7, 11) is 0. The molecule has 2 heterocycles. The first-order valence-electron chi connectivity index (χ1n) is 6.34. The van der Waals surface area contributed by atoms with Crippen LogP contribution in [-0.4, -0.2) is 44.8 Å². The second-order valence-corrected chi connectivity index (χ2v) is 5.74. The van der Waals surface area contributed by atoms with Crippen LogP contribution in [0.5, 0.6) is 0 Å². The topological polar surface area (TPSA) is 46.0 Å². The van der Waals surface area contributed by atoms with E-state index >= 15 is 0 Å². The number of aromatic nitrogens is 3. The van der Waals surface area contributed by atoms with Gasteiger partial charge in [-0.25, -0.2) is 9.67 Å². The van der Waals surface area contributed by atoms with Gasteiger partial charge in [0.05, 0.1) is 6.54 Å². The van der Waals surface area contributed by atoms with E-state index in [1.165, 1.54) is 0 Å². The van der Waals surface area contributed by atoms with Crippen molar-refractivity contribution in [2.24, 2.45) is 0 Å². The molecule has 0 atom stereocenters. The first-order chi connectivity index (χ1) is 7.98. The van der Waals surface area contributed by atoms with Crippen molar-refractivity contribution in [3.8, 4) is 0 Å². The van der Waals surface area contributed by atoms with Crippen molar-refractivity contribution in [1.29, 1.82) is 0 Å². The third-order valence-corrected chi connectivity index (χ3v) is 3.15. The van der Waals surface area contributed by atoms with Gasteiger partial charge in [0.2, 0.25) is 0 Å². The Morgan fingerprint density at radius 1 is 1.47 bits per heavy atom. The molecule has 1 aliphatic heterocycles. The quantitative estimate of drug-likeness (QED) is 0.853. The smallest absolute Gasteiger partial charge is 0.141 e. The monoisotopic (exact) mass is 237 g/mol. The number of hydrogen-bond donors (Lipinski definition) is 1. The lowest BCUT2D eigenvalue weighted by atomic mass is 10.0. The maximum Gasteiger partial charge on any atom is 0.141 e. The first kappa shape index (κ1) is 12.5. The van der Waals surface area contributed by atoms with Crippen molar-refractivity contribution >= 4 is 0 Å². The summed E-state index contributed by atoms with van der Waals surface area (Å²) in [5.74, 6) is 1.07. The van der Waals surface area contributed by atoms with Crippen LogP contribution in [0.2, 0.25) is 0 Å². The Hall–Kier alpha value is -0.940. The van der Waals surface area contributed by atoms with E-state index in [0.717, 1.165) is 32.0 Å². The van der Waals surface area contributed by atoms with Gasteiger partial charge in [-0.1, -0.05) is 0 Å². The molecule has 0 bridgehead atoms. The number of rotatable bonds is 3. The summed E-state index contributed by atoms with van der Waals surface area (Å²) in [6.07, 6.45) is 1.66. The minimum atomic E-state index is 0.195. The normalized spacial score (nSPS) is 21.0. The van der Waals surface area contributed by atoms with Crippen LogP contribution in [0.3, 0.4) is 0 Å². The fraction of sp³-hybridized carbons (Fsp3) is 0.833. The second kappa shape index (κ2) is 4.74. The predicted molar refractivity (Wildman–Crippen MR) is 67.8 cm³/mol. The van der Waals surface area contributed by atoms with Crippen LogP contribution in [0.25, 0.3) is 0 Å². The predicted octanol–water partition coefficient (Wildman–Crippen LogP) is 1.04. The third-order valence-electron chi connectivity index (χ3n) is 3.15. The average molecular weight is 237 g/mol. The molecule has 0 aromatic carbocycles. The van der Waals surface area contributed by atoms with E-state index in [1.54, 1.807) is 6.33 Å². The molecule has 1 aromatic rings. The first-order valence-corrected chi connectivity index (χ1v) is 6.34. The maximum atomic E-state index is 4.37. The van der Waals surface area contributed by atoms with Gasteiger partial charge >= 0.3 is 0 Å². The molecule has 96 valence electrons. The molecule has 5 nitrogen and oxygen atoms in total. The highest BCUT2D eigenvalue weighted by Gasteiger charge is 2.26. The van der Waals surface area contributed by atoms with E-state index in [0.29, 0.717) is 6.04 Å². The fourth-order valence-electron chi connectivity index (χ4n) is 2.40. The zero-order chi connectivity index (χ0) is 12.5. The van der Waals surface area contributed by atoms with E-state index < -0.39 is 0 Å². The van der Waals surface area contributed by atoms with E-state index in [2.05, 4.69) is 48.0 Å². The number of nitrogens with one attached hydrogen (secondary N) is 1. The van der Waals surface area contributed by atoms with Gasteiger partial charge in [0.25, 0.3) is 0 Å². The molecule has 17 heavy (non-hydrogen) atoms. The van der Waals surface area contributed by atoms with Gasteiger partial charge in [-0.2, -0.15) is 5.10 Å². The lowest BCUT2D eigenvalue weighted by Gasteiger charge is -2.38. The van der Waals surface area contributed by atoms with Crippen molar-refractivity contribution in [3.63, 3.8) is 0 Å². The van der Waals surface area contributed by atoms with Crippen molar-refractivity contribution in [3.05, 3.63) is 12.2 Å². The van der Waals surface area contributed by atoms with Gasteiger partial charge in [0.15, 0.2) is 0 Å². The lowest BCUT2D eigenvalue weighted by Crippen LogP contribution is -2.56. The van der Waals surface area contributed by atoms with Crippen LogP contribution in [0, 0.1) is 0 Å². The molecule has 2 rings (SSSR count). The summed E-state index contributed by atoms with van der Waals surface area (Å²) in [6.45, 7) is 12.8. The lowest BCUT2D eigenvalue weighted by molar-refractivity contribution is 0.143. The highest BCUT2D eigenvalue weighted by Crippen LogP contribution is 2.14. The van der Waals surface area contributed by atoms with Crippen molar-refractivity contribution in [2.75, 3.05) is 19.6 Å². The Morgan fingerprint density at radius 2 is 2.24 bits per heavy atom. The molecule has 0 radical (unpaired) electrons. The molecular formula is C12H23N5. The zero-order valence-corrected chi connectivity index (χ0v) is 11.3. The molecule has 0 saturated carbocycles. The third kappa shape index (κ3) is 3.04. The Labute approximate surface area is 103 Å². The summed E-state index contributed by atoms with van der Waals surface area (Å²) < 4.78 is 2.01. The molecule has 1 saturated heterocycles. The number of piperazine rings is 1. The fourth-order valence-corrected chi connectivity index (χ4v) is 2.40. The van der Waals surface area contributed by atoms with E-state index in [1.807, 2.05) is 4.68 Å². The molecule has 1 N–H and O–H groups in total. The zero-order valence-electron chi connectivity index (χ0n) is 11.3. The Bertz CT molecular complexity index is 369. The molecular weight excluding hydrogens is 214 g/mol. The largest absolute Gasteiger partial charge is 0.309 e. The molecule has 1 aliphatic rings. The highest BCUT2D eigenvalue weighted by atomic mass is 15.4. The molecule has 1 aromatic heterocycles. The van der Waals surface area contributed by atoms with Crippen LogP contribution < -0.4 is 5.32 Å². The van der Waals surface area contributed by atoms with Gasteiger partial charge in [-0.3, -0.25) is 4.90 Å². The van der Waals surface area contributed by atoms with Crippen LogP contribution in [0.15, 0.2) is 6.33 Å². The van der Waals surface area contributed by atoms with Crippen LogP contribution in [0.4, 0.5) is 0 Å². The maximum absolute atomic E-state index is 4.37. The standard InChI is InChI=1S/C12H23N5/c1-10(2)17-11(13-9-15-17)7-16-6-5-14-12(3,4)8-16/h9-10,14H,5-8H2,1-4H3. The summed E-state index contributed by atoms with van der Waals surface area (Å²) in [4.78, 5) is 6.81. The Balaban J connectivity index is 2.03. The summed E-state index contributed by atoms with van der Waals surface area (Å²) in [6, 6.07) is 0.378. The van der Waals surface area contributed by atoms with Gasteiger partial charge < -0.3 is 5.32 Å². The summed E-state index contributed by atoms with van der Waals surface area (Å²) in [5.41, 5.74) is 0.195. The molecule has 1 fully saturated rings. The van der Waals surface area contributed by atoms with Crippen LogP contribution in [0.1, 0.15) is 39.6 Å². The molecule has 0 aliphatic carbocycles. The van der Waals surface area contributed by atoms with Gasteiger partial charge in [-0.15, -0.1) is 0 Å². The molecule has 0 amide bonds. The van der Waals surface area contributed by atoms with E-state index in [4.69, 9.17) is 0 Å². The number of nitrogens with zero attached hydrogens (tertiary/aromatic N) is 4. The minimum absolute atomic E-state index is 0.195. The van der Waals surface area contributed by atoms with Crippen LogP contribution in [-0.2, 0) is 6.54 Å². The van der Waals surface area contributed by atoms with Crippen molar-refractivity contribution < 1.29 is 0 Å². The SMILES string of the molecule is CC(C)n1ncnc1CN1CCNC(C)(C)C1. The molecule has 0 spiro atoms. The number of hydrogen-bond acceptors (Lipinski definition) is 4.